The second kappa shape index (κ2) is 10.2. The molecule has 8 nitrogen and oxygen atoms in total. The zero-order valence-corrected chi connectivity index (χ0v) is 20.0. The SMILES string of the molecule is N=C(N)c1ccc(C(=O)NC2CC3CCC(C2)N3c2ccc(C(=O)NCc3ccccc3)cn2)cc1. The van der Waals surface area contributed by atoms with Crippen molar-refractivity contribution in [1.82, 2.24) is 15.6 Å². The third-order valence-electron chi connectivity index (χ3n) is 7.10. The number of amidine groups is 1. The van der Waals surface area contributed by atoms with Crippen molar-refractivity contribution < 1.29 is 9.59 Å². The van der Waals surface area contributed by atoms with E-state index in [-0.39, 0.29) is 23.7 Å². The van der Waals surface area contributed by atoms with Crippen LogP contribution in [0, 0.1) is 5.41 Å². The molecule has 0 radical (unpaired) electrons. The van der Waals surface area contributed by atoms with E-state index in [1.165, 1.54) is 0 Å². The number of piperidine rings is 1. The number of hydrogen-bond acceptors (Lipinski definition) is 5. The van der Waals surface area contributed by atoms with Gasteiger partial charge in [0.2, 0.25) is 0 Å². The molecule has 2 fully saturated rings. The van der Waals surface area contributed by atoms with Gasteiger partial charge in [-0.2, -0.15) is 0 Å². The normalized spacial score (nSPS) is 20.6. The average molecular weight is 483 g/mol. The first-order valence-electron chi connectivity index (χ1n) is 12.3. The molecule has 184 valence electrons. The number of aromatic nitrogens is 1. The van der Waals surface area contributed by atoms with Crippen molar-refractivity contribution in [1.29, 1.82) is 5.41 Å². The van der Waals surface area contributed by atoms with Gasteiger partial charge in [-0.1, -0.05) is 42.5 Å². The minimum atomic E-state index is -0.140. The van der Waals surface area contributed by atoms with Gasteiger partial charge in [-0.3, -0.25) is 15.0 Å². The van der Waals surface area contributed by atoms with E-state index in [1.807, 2.05) is 42.5 Å². The highest BCUT2D eigenvalue weighted by Crippen LogP contribution is 2.38. The summed E-state index contributed by atoms with van der Waals surface area (Å²) in [6.45, 7) is 0.478. The Bertz CT molecular complexity index is 1230. The fourth-order valence-corrected chi connectivity index (χ4v) is 5.29. The van der Waals surface area contributed by atoms with Gasteiger partial charge in [-0.25, -0.2) is 4.98 Å². The number of anilines is 1. The predicted molar refractivity (Wildman–Crippen MR) is 139 cm³/mol. The quantitative estimate of drug-likeness (QED) is 0.304. The average Bonchev–Trinajstić information content (AvgIpc) is 3.17. The van der Waals surface area contributed by atoms with Gasteiger partial charge in [0, 0.05) is 42.0 Å². The standard InChI is InChI=1S/C28H30N6O2/c29-26(30)19-6-8-20(9-7-19)28(36)33-22-14-23-11-12-24(15-22)34(23)25-13-10-21(17-31-25)27(35)32-16-18-4-2-1-3-5-18/h1-10,13,17,22-24H,11-12,14-16H2,(H3,29,30)(H,32,35)(H,33,36). The van der Waals surface area contributed by atoms with E-state index in [0.717, 1.165) is 37.1 Å². The number of fused-ring (bicyclic) bond motifs is 2. The summed E-state index contributed by atoms with van der Waals surface area (Å²) in [5.41, 5.74) is 8.26. The number of benzene rings is 2. The molecule has 3 heterocycles. The van der Waals surface area contributed by atoms with Crippen LogP contribution in [-0.4, -0.2) is 40.8 Å². The Morgan fingerprint density at radius 1 is 0.889 bits per heavy atom. The zero-order chi connectivity index (χ0) is 25.1. The summed E-state index contributed by atoms with van der Waals surface area (Å²) in [4.78, 5) is 32.3. The number of nitrogens with zero attached hydrogens (tertiary/aromatic N) is 2. The highest BCUT2D eigenvalue weighted by Gasteiger charge is 2.41. The van der Waals surface area contributed by atoms with E-state index in [2.05, 4.69) is 20.5 Å². The number of carbonyl (C=O) groups excluding carboxylic acids is 2. The van der Waals surface area contributed by atoms with E-state index >= 15 is 0 Å². The largest absolute Gasteiger partial charge is 0.384 e. The Morgan fingerprint density at radius 2 is 1.53 bits per heavy atom. The molecule has 0 spiro atoms. The molecule has 2 aromatic carbocycles. The van der Waals surface area contributed by atoms with Gasteiger partial charge in [0.05, 0.1) is 5.56 Å². The van der Waals surface area contributed by atoms with Crippen LogP contribution in [0.5, 0.6) is 0 Å². The summed E-state index contributed by atoms with van der Waals surface area (Å²) in [6.07, 6.45) is 5.48. The summed E-state index contributed by atoms with van der Waals surface area (Å²) in [7, 11) is 0. The topological polar surface area (TPSA) is 124 Å². The fraction of sp³-hybridized carbons (Fsp3) is 0.286. The van der Waals surface area contributed by atoms with Crippen molar-refractivity contribution >= 4 is 23.5 Å². The molecular weight excluding hydrogens is 452 g/mol. The predicted octanol–water partition coefficient (Wildman–Crippen LogP) is 3.23. The minimum Gasteiger partial charge on any atom is -0.384 e. The zero-order valence-electron chi connectivity index (χ0n) is 20.0. The molecule has 8 heteroatoms. The Hall–Kier alpha value is -4.20. The number of rotatable bonds is 7. The molecule has 2 atom stereocenters. The van der Waals surface area contributed by atoms with Gasteiger partial charge in [0.15, 0.2) is 0 Å². The maximum Gasteiger partial charge on any atom is 0.253 e. The van der Waals surface area contributed by atoms with Crippen LogP contribution < -0.4 is 21.3 Å². The summed E-state index contributed by atoms with van der Waals surface area (Å²) in [5, 5.41) is 13.6. The van der Waals surface area contributed by atoms with E-state index < -0.39 is 0 Å². The molecule has 2 bridgehead atoms. The number of hydrogen-bond donors (Lipinski definition) is 4. The number of pyridine rings is 1. The second-order valence-electron chi connectivity index (χ2n) is 9.50. The maximum atomic E-state index is 12.8. The Morgan fingerprint density at radius 3 is 2.14 bits per heavy atom. The van der Waals surface area contributed by atoms with Gasteiger partial charge >= 0.3 is 0 Å². The molecule has 2 amide bonds. The molecule has 36 heavy (non-hydrogen) atoms. The smallest absolute Gasteiger partial charge is 0.253 e. The first-order valence-corrected chi connectivity index (χ1v) is 12.3. The monoisotopic (exact) mass is 482 g/mol. The lowest BCUT2D eigenvalue weighted by Gasteiger charge is -2.40. The number of nitrogen functional groups attached to an aromatic ring is 1. The van der Waals surface area contributed by atoms with Crippen molar-refractivity contribution in [3.8, 4) is 0 Å². The van der Waals surface area contributed by atoms with Gasteiger partial charge in [-0.05, 0) is 55.5 Å². The van der Waals surface area contributed by atoms with Crippen LogP contribution in [0.2, 0.25) is 0 Å². The fourth-order valence-electron chi connectivity index (χ4n) is 5.29. The van der Waals surface area contributed by atoms with E-state index in [9.17, 15) is 9.59 Å². The van der Waals surface area contributed by atoms with Crippen LogP contribution in [0.1, 0.15) is 57.5 Å². The molecular formula is C28H30N6O2. The third-order valence-corrected chi connectivity index (χ3v) is 7.10. The minimum absolute atomic E-state index is 0.0136. The molecule has 2 aliphatic heterocycles. The maximum absolute atomic E-state index is 12.8. The van der Waals surface area contributed by atoms with Gasteiger partial charge in [-0.15, -0.1) is 0 Å². The van der Waals surface area contributed by atoms with Crippen LogP contribution in [0.25, 0.3) is 0 Å². The van der Waals surface area contributed by atoms with Gasteiger partial charge in [0.1, 0.15) is 11.7 Å². The first-order chi connectivity index (χ1) is 17.5. The van der Waals surface area contributed by atoms with Gasteiger partial charge < -0.3 is 21.3 Å². The summed E-state index contributed by atoms with van der Waals surface area (Å²) < 4.78 is 0. The second-order valence-corrected chi connectivity index (χ2v) is 9.50. The Kier molecular flexibility index (Phi) is 6.66. The number of nitrogens with two attached hydrogens (primary N) is 1. The molecule has 3 aromatic rings. The van der Waals surface area contributed by atoms with Crippen molar-refractivity contribution in [2.24, 2.45) is 5.73 Å². The van der Waals surface area contributed by atoms with Crippen molar-refractivity contribution in [3.05, 3.63) is 95.2 Å². The number of carbonyl (C=O) groups is 2. The van der Waals surface area contributed by atoms with E-state index in [1.54, 1.807) is 30.5 Å². The molecule has 2 unspecified atom stereocenters. The molecule has 2 aliphatic rings. The Labute approximate surface area is 210 Å². The summed E-state index contributed by atoms with van der Waals surface area (Å²) >= 11 is 0. The van der Waals surface area contributed by atoms with E-state index in [0.29, 0.717) is 35.3 Å². The summed E-state index contributed by atoms with van der Waals surface area (Å²) in [6, 6.07) is 21.1. The van der Waals surface area contributed by atoms with Crippen LogP contribution in [0.15, 0.2) is 72.9 Å². The van der Waals surface area contributed by atoms with Gasteiger partial charge in [0.25, 0.3) is 11.8 Å². The lowest BCUT2D eigenvalue weighted by molar-refractivity contribution is 0.0924. The van der Waals surface area contributed by atoms with Crippen molar-refractivity contribution in [2.75, 3.05) is 4.90 Å². The number of nitrogens with one attached hydrogen (secondary N) is 3. The highest BCUT2D eigenvalue weighted by atomic mass is 16.2. The van der Waals surface area contributed by atoms with Crippen LogP contribution >= 0.6 is 0 Å². The van der Waals surface area contributed by atoms with E-state index in [4.69, 9.17) is 11.1 Å². The third kappa shape index (κ3) is 5.07. The Balaban J connectivity index is 1.18. The molecule has 0 saturated carbocycles. The lowest BCUT2D eigenvalue weighted by atomic mass is 9.96. The highest BCUT2D eigenvalue weighted by molar-refractivity contribution is 5.98. The van der Waals surface area contributed by atoms with Crippen molar-refractivity contribution in [3.63, 3.8) is 0 Å². The molecule has 0 aliphatic carbocycles. The van der Waals surface area contributed by atoms with Crippen LogP contribution in [0.4, 0.5) is 5.82 Å². The lowest BCUT2D eigenvalue weighted by Crippen LogP contribution is -2.50. The molecule has 5 rings (SSSR count). The molecule has 2 saturated heterocycles. The number of amides is 2. The molecule has 1 aromatic heterocycles. The van der Waals surface area contributed by atoms with Crippen LogP contribution in [0.3, 0.4) is 0 Å². The first kappa shape index (κ1) is 23.5. The van der Waals surface area contributed by atoms with Crippen LogP contribution in [-0.2, 0) is 6.54 Å². The van der Waals surface area contributed by atoms with Crippen molar-refractivity contribution in [2.45, 2.75) is 50.4 Å². The molecule has 5 N–H and O–H groups in total. The summed E-state index contributed by atoms with van der Waals surface area (Å²) in [5.74, 6) is 0.623.